The van der Waals surface area contributed by atoms with Gasteiger partial charge in [-0.15, -0.1) is 0 Å². The summed E-state index contributed by atoms with van der Waals surface area (Å²) >= 11 is 6.31. The zero-order chi connectivity index (χ0) is 46.3. The van der Waals surface area contributed by atoms with Gasteiger partial charge in [-0.25, -0.2) is 22.6 Å². The van der Waals surface area contributed by atoms with Gasteiger partial charge in [0.25, 0.3) is 5.56 Å². The average molecular weight is 945 g/mol. The van der Waals surface area contributed by atoms with Gasteiger partial charge in [-0.2, -0.15) is 4.98 Å². The van der Waals surface area contributed by atoms with Crippen molar-refractivity contribution in [2.75, 3.05) is 50.1 Å². The van der Waals surface area contributed by atoms with Gasteiger partial charge in [-0.3, -0.25) is 33.4 Å². The molecule has 3 aromatic heterocycles. The van der Waals surface area contributed by atoms with Crippen LogP contribution in [0.1, 0.15) is 94.7 Å². The lowest BCUT2D eigenvalue weighted by Gasteiger charge is -2.53. The molecule has 19 heteroatoms. The minimum absolute atomic E-state index is 0.0151. The summed E-state index contributed by atoms with van der Waals surface area (Å²) in [5, 5.41) is 5.92. The van der Waals surface area contributed by atoms with E-state index in [9.17, 15) is 27.6 Å². The number of likely N-dealkylation sites (tertiary alicyclic amines) is 1. The highest BCUT2D eigenvalue weighted by molar-refractivity contribution is 7.92. The number of aromatic nitrogens is 5. The van der Waals surface area contributed by atoms with Crippen LogP contribution in [0.15, 0.2) is 57.1 Å². The summed E-state index contributed by atoms with van der Waals surface area (Å²) in [5.74, 6) is -1.17. The number of hydrogen-bond donors (Lipinski definition) is 2. The van der Waals surface area contributed by atoms with Crippen LogP contribution in [0.2, 0.25) is 5.02 Å². The first kappa shape index (κ1) is 44.7. The van der Waals surface area contributed by atoms with Crippen molar-refractivity contribution in [3.8, 4) is 0 Å². The van der Waals surface area contributed by atoms with E-state index in [-0.39, 0.29) is 46.3 Å². The molecule has 1 spiro atoms. The molecule has 0 bridgehead atoms. The number of fused-ring (bicyclic) bond motifs is 2. The van der Waals surface area contributed by atoms with Crippen molar-refractivity contribution < 1.29 is 27.1 Å². The SMILES string of the molecule is COC1(CN2CCC3(CC2)CC(S(=O)(=O)c2ccc(Nc4ncc5cc(Cl)c(=O)n(C6CCCC6)c5n4)c(C)c2)C3)CCN(c2ccc3c(c2F)n(C)c(=O)n3C2CCC(=O)NC2=O)CC1. The van der Waals surface area contributed by atoms with E-state index in [2.05, 4.69) is 20.5 Å². The van der Waals surface area contributed by atoms with E-state index in [1.54, 1.807) is 54.3 Å². The number of sulfone groups is 1. The Morgan fingerprint density at radius 2 is 1.68 bits per heavy atom. The molecule has 66 heavy (non-hydrogen) atoms. The number of methoxy groups -OCH3 is 1. The molecule has 5 fully saturated rings. The molecule has 1 unspecified atom stereocenters. The molecule has 2 saturated carbocycles. The minimum Gasteiger partial charge on any atom is -0.377 e. The Morgan fingerprint density at radius 3 is 2.36 bits per heavy atom. The highest BCUT2D eigenvalue weighted by Gasteiger charge is 2.52. The van der Waals surface area contributed by atoms with Gasteiger partial charge in [0.2, 0.25) is 17.8 Å². The summed E-state index contributed by atoms with van der Waals surface area (Å²) in [6, 6.07) is 9.22. The number of carbonyl (C=O) groups excluding carboxylic acids is 2. The second-order valence-corrected chi connectivity index (χ2v) is 22.0. The van der Waals surface area contributed by atoms with Gasteiger partial charge in [0, 0.05) is 63.5 Å². The molecule has 1 atom stereocenters. The van der Waals surface area contributed by atoms with E-state index in [4.69, 9.17) is 21.3 Å². The Bertz CT molecular complexity index is 3010. The molecular formula is C47H55ClFN9O7S. The second kappa shape index (κ2) is 16.9. The van der Waals surface area contributed by atoms with Crippen LogP contribution >= 0.6 is 11.6 Å². The van der Waals surface area contributed by atoms with Crippen LogP contribution in [0.3, 0.4) is 0 Å². The van der Waals surface area contributed by atoms with Crippen molar-refractivity contribution in [2.45, 2.75) is 112 Å². The molecule has 350 valence electrons. The van der Waals surface area contributed by atoms with E-state index in [0.29, 0.717) is 77.5 Å². The number of benzene rings is 2. The molecule has 6 heterocycles. The third-order valence-corrected chi connectivity index (χ3v) is 17.9. The van der Waals surface area contributed by atoms with Crippen molar-refractivity contribution in [1.29, 1.82) is 0 Å². The summed E-state index contributed by atoms with van der Waals surface area (Å²) in [4.78, 5) is 64.8. The molecular weight excluding hydrogens is 889 g/mol. The zero-order valence-corrected chi connectivity index (χ0v) is 39.0. The number of aryl methyl sites for hydroxylation is 2. The maximum atomic E-state index is 16.3. The van der Waals surface area contributed by atoms with Crippen LogP contribution in [0.4, 0.5) is 21.7 Å². The number of pyridine rings is 1. The lowest BCUT2D eigenvalue weighted by Crippen LogP contribution is -2.56. The van der Waals surface area contributed by atoms with Gasteiger partial charge >= 0.3 is 5.69 Å². The van der Waals surface area contributed by atoms with E-state index < -0.39 is 44.1 Å². The molecule has 0 radical (unpaired) electrons. The number of amides is 2. The van der Waals surface area contributed by atoms with E-state index in [0.717, 1.165) is 63.7 Å². The number of nitrogens with one attached hydrogen (secondary N) is 2. The Balaban J connectivity index is 0.746. The Morgan fingerprint density at radius 1 is 0.955 bits per heavy atom. The largest absolute Gasteiger partial charge is 0.377 e. The fourth-order valence-electron chi connectivity index (χ4n) is 11.5. The number of ether oxygens (including phenoxy) is 1. The quantitative estimate of drug-likeness (QED) is 0.154. The van der Waals surface area contributed by atoms with Gasteiger partial charge in [0.15, 0.2) is 15.7 Å². The molecule has 16 nitrogen and oxygen atoms in total. The first-order valence-corrected chi connectivity index (χ1v) is 25.0. The molecule has 3 saturated heterocycles. The van der Waals surface area contributed by atoms with Crippen LogP contribution in [0.5, 0.6) is 0 Å². The number of halogens is 2. The van der Waals surface area contributed by atoms with Crippen molar-refractivity contribution >= 4 is 72.6 Å². The van der Waals surface area contributed by atoms with Crippen molar-refractivity contribution in [2.24, 2.45) is 12.5 Å². The maximum absolute atomic E-state index is 16.3. The van der Waals surface area contributed by atoms with Crippen LogP contribution in [-0.2, 0) is 31.2 Å². The monoisotopic (exact) mass is 943 g/mol. The zero-order valence-electron chi connectivity index (χ0n) is 37.4. The third-order valence-electron chi connectivity index (χ3n) is 15.5. The van der Waals surface area contributed by atoms with Crippen molar-refractivity contribution in [3.63, 3.8) is 0 Å². The van der Waals surface area contributed by atoms with Gasteiger partial charge in [0.1, 0.15) is 22.2 Å². The number of anilines is 3. The molecule has 5 aliphatic rings. The smallest absolute Gasteiger partial charge is 0.329 e. The standard InChI is InChI=1S/C47H55ClFN9O7S/c1-28-22-31(8-9-34(28)51-44-50-26-29-23-33(48)43(61)57(41(29)53-44)30-6-4-5-7-30)66(63,64)32-24-46(25-32)14-18-55(19-15-46)27-47(65-3)16-20-56(21-17-47)35-10-11-36-40(39(35)49)54(2)45(62)58(36)37-12-13-38(59)52-42(37)60/h8-11,22-23,26,30,32,37H,4-7,12-21,24-25,27H2,1-3H3,(H,50,51,53)(H,52,59,60). The second-order valence-electron chi connectivity index (χ2n) is 19.4. The summed E-state index contributed by atoms with van der Waals surface area (Å²) in [6.45, 7) is 5.35. The van der Waals surface area contributed by atoms with Crippen molar-refractivity contribution in [1.82, 2.24) is 33.9 Å². The molecule has 2 N–H and O–H groups in total. The van der Waals surface area contributed by atoms with Gasteiger partial charge in [-0.1, -0.05) is 24.4 Å². The van der Waals surface area contributed by atoms with Crippen molar-refractivity contribution in [3.05, 3.63) is 79.8 Å². The molecule has 2 amide bonds. The highest BCUT2D eigenvalue weighted by atomic mass is 35.5. The summed E-state index contributed by atoms with van der Waals surface area (Å²) in [5.41, 5.74) is 1.54. The van der Waals surface area contributed by atoms with Crippen LogP contribution in [0.25, 0.3) is 22.1 Å². The number of imide groups is 1. The molecule has 3 aliphatic heterocycles. The number of imidazole rings is 1. The third kappa shape index (κ3) is 7.70. The molecule has 5 aromatic rings. The van der Waals surface area contributed by atoms with Gasteiger partial charge < -0.3 is 19.9 Å². The topological polar surface area (TPSA) is 183 Å². The normalized spacial score (nSPS) is 21.8. The number of nitrogens with zero attached hydrogens (tertiary/aromatic N) is 7. The summed E-state index contributed by atoms with van der Waals surface area (Å²) < 4.78 is 54.8. The fraction of sp³-hybridized carbons (Fsp3) is 0.532. The lowest BCUT2D eigenvalue weighted by molar-refractivity contribution is -0.135. The predicted molar refractivity (Wildman–Crippen MR) is 249 cm³/mol. The number of rotatable bonds is 10. The maximum Gasteiger partial charge on any atom is 0.329 e. The minimum atomic E-state index is -3.57. The fourth-order valence-corrected chi connectivity index (χ4v) is 13.9. The average Bonchev–Trinajstić information content (AvgIpc) is 3.91. The Kier molecular flexibility index (Phi) is 11.4. The lowest BCUT2D eigenvalue weighted by atomic mass is 9.63. The Hall–Kier alpha value is -5.17. The van der Waals surface area contributed by atoms with Gasteiger partial charge in [0.05, 0.1) is 27.0 Å². The van der Waals surface area contributed by atoms with Crippen LogP contribution in [-0.4, -0.2) is 99.5 Å². The molecule has 2 aromatic carbocycles. The van der Waals surface area contributed by atoms with E-state index >= 15 is 4.39 Å². The predicted octanol–water partition coefficient (Wildman–Crippen LogP) is 6.09. The summed E-state index contributed by atoms with van der Waals surface area (Å²) in [7, 11) is -0.341. The van der Waals surface area contributed by atoms with Crippen LogP contribution < -0.4 is 26.8 Å². The molecule has 2 aliphatic carbocycles. The number of hydrogen-bond acceptors (Lipinski definition) is 12. The Labute approximate surface area is 386 Å². The van der Waals surface area contributed by atoms with E-state index in [1.807, 2.05) is 11.8 Å². The number of piperidine rings is 3. The van der Waals surface area contributed by atoms with Crippen LogP contribution in [0, 0.1) is 18.2 Å². The molecule has 10 rings (SSSR count). The van der Waals surface area contributed by atoms with E-state index in [1.165, 1.54) is 16.2 Å². The number of carbonyl (C=O) groups is 2. The first-order valence-electron chi connectivity index (χ1n) is 23.0. The van der Waals surface area contributed by atoms with Gasteiger partial charge in [-0.05, 0) is 125 Å². The first-order chi connectivity index (χ1) is 31.6. The summed E-state index contributed by atoms with van der Waals surface area (Å²) in [6.07, 6.45) is 10.2. The highest BCUT2D eigenvalue weighted by Crippen LogP contribution is 2.53.